The summed E-state index contributed by atoms with van der Waals surface area (Å²) in [6.07, 6.45) is 0. The molecule has 0 amide bonds. The molecule has 7 aromatic carbocycles. The van der Waals surface area contributed by atoms with Gasteiger partial charge in [0.2, 0.25) is 0 Å². The van der Waals surface area contributed by atoms with E-state index in [1.807, 2.05) is 0 Å². The molecule has 0 unspecified atom stereocenters. The number of hydrogen-bond donors (Lipinski definition) is 0. The van der Waals surface area contributed by atoms with Gasteiger partial charge in [0, 0.05) is 16.8 Å². The minimum Gasteiger partial charge on any atom is -0.310 e. The Morgan fingerprint density at radius 3 is 1.23 bits per heavy atom. The smallest absolute Gasteiger partial charge is 0.0540 e. The topological polar surface area (TPSA) is 3.24 Å². The molecule has 1 heteroatoms. The van der Waals surface area contributed by atoms with Gasteiger partial charge in [-0.25, -0.2) is 0 Å². The Morgan fingerprint density at radius 1 is 0.318 bits per heavy atom. The van der Waals surface area contributed by atoms with Crippen LogP contribution in [0, 0.1) is 20.8 Å². The Balaban J connectivity index is 0.000000374. The maximum absolute atomic E-state index is 2.36. The van der Waals surface area contributed by atoms with Gasteiger partial charge in [-0.05, 0) is 78.7 Å². The number of hydrogen-bond acceptors (Lipinski definition) is 1. The third-order valence-corrected chi connectivity index (χ3v) is 7.97. The highest BCUT2D eigenvalue weighted by molar-refractivity contribution is 5.99. The molecule has 0 aliphatic heterocycles. The highest BCUT2D eigenvalue weighted by Gasteiger charge is 2.15. The van der Waals surface area contributed by atoms with Gasteiger partial charge in [-0.3, -0.25) is 0 Å². The third kappa shape index (κ3) is 6.64. The molecule has 0 saturated carbocycles. The number of benzene rings is 7. The van der Waals surface area contributed by atoms with Crippen molar-refractivity contribution in [2.45, 2.75) is 20.8 Å². The average molecular weight is 568 g/mol. The molecular weight excluding hydrogens is 530 g/mol. The fourth-order valence-corrected chi connectivity index (χ4v) is 5.45. The van der Waals surface area contributed by atoms with Crippen LogP contribution in [0.15, 0.2) is 170 Å². The van der Waals surface area contributed by atoms with E-state index in [-0.39, 0.29) is 0 Å². The van der Waals surface area contributed by atoms with Crippen LogP contribution in [0.1, 0.15) is 16.7 Å². The van der Waals surface area contributed by atoms with Crippen molar-refractivity contribution in [2.24, 2.45) is 0 Å². The number of rotatable bonds is 5. The number of aryl methyl sites for hydroxylation is 3. The van der Waals surface area contributed by atoms with Crippen LogP contribution in [0.2, 0.25) is 0 Å². The second-order valence-corrected chi connectivity index (χ2v) is 11.3. The molecule has 0 fully saturated rings. The molecule has 0 heterocycles. The molecule has 1 nitrogen and oxygen atoms in total. The van der Waals surface area contributed by atoms with Crippen molar-refractivity contribution < 1.29 is 0 Å². The van der Waals surface area contributed by atoms with Crippen molar-refractivity contribution in [3.8, 4) is 22.3 Å². The Kier molecular flexibility index (Phi) is 8.66. The zero-order valence-electron chi connectivity index (χ0n) is 25.6. The first-order chi connectivity index (χ1) is 21.5. The van der Waals surface area contributed by atoms with Crippen LogP contribution in [0.5, 0.6) is 0 Å². The summed E-state index contributed by atoms with van der Waals surface area (Å²) in [6.45, 7) is 6.32. The predicted octanol–water partition coefficient (Wildman–Crippen LogP) is 12.3. The Labute approximate surface area is 261 Å². The summed E-state index contributed by atoms with van der Waals surface area (Å²) < 4.78 is 0. The highest BCUT2D eigenvalue weighted by Crippen LogP contribution is 2.40. The Morgan fingerprint density at radius 2 is 0.705 bits per heavy atom. The summed E-state index contributed by atoms with van der Waals surface area (Å²) in [6, 6.07) is 60.6. The van der Waals surface area contributed by atoms with Crippen LogP contribution in [-0.4, -0.2) is 0 Å². The molecule has 0 N–H and O–H groups in total. The molecule has 44 heavy (non-hydrogen) atoms. The molecule has 7 rings (SSSR count). The number of fused-ring (bicyclic) bond motifs is 1. The lowest BCUT2D eigenvalue weighted by Crippen LogP contribution is -2.10. The van der Waals surface area contributed by atoms with Gasteiger partial charge < -0.3 is 4.90 Å². The van der Waals surface area contributed by atoms with E-state index < -0.39 is 0 Å². The van der Waals surface area contributed by atoms with E-state index in [0.29, 0.717) is 0 Å². The van der Waals surface area contributed by atoms with Crippen molar-refractivity contribution in [1.29, 1.82) is 0 Å². The zero-order valence-corrected chi connectivity index (χ0v) is 25.6. The number of nitrogens with zero attached hydrogens (tertiary/aromatic N) is 1. The van der Waals surface area contributed by atoms with Crippen molar-refractivity contribution in [3.63, 3.8) is 0 Å². The van der Waals surface area contributed by atoms with Crippen molar-refractivity contribution >= 4 is 27.8 Å². The minimum absolute atomic E-state index is 1.13. The van der Waals surface area contributed by atoms with E-state index in [4.69, 9.17) is 0 Å². The standard InChI is InChI=1S/C35H27N.C8H10/c1-26-14-16-28(17-15-26)30-20-24-33(25-21-30)36(35-13-7-11-31-10-5-6-12-34(31)35)32-22-18-29(19-23-32)27-8-3-2-4-9-27;1-7-3-5-8(2)6-4-7/h2-25H,1H3;3-6H,1-2H3. The molecular formula is C43H37N. The van der Waals surface area contributed by atoms with Crippen molar-refractivity contribution in [2.75, 3.05) is 4.90 Å². The summed E-state index contributed by atoms with van der Waals surface area (Å²) in [7, 11) is 0. The van der Waals surface area contributed by atoms with Crippen molar-refractivity contribution in [1.82, 2.24) is 0 Å². The maximum Gasteiger partial charge on any atom is 0.0540 e. The number of anilines is 3. The van der Waals surface area contributed by atoms with Gasteiger partial charge in [-0.15, -0.1) is 0 Å². The van der Waals surface area contributed by atoms with Crippen LogP contribution in [0.3, 0.4) is 0 Å². The summed E-state index contributed by atoms with van der Waals surface area (Å²) in [5, 5.41) is 2.46. The largest absolute Gasteiger partial charge is 0.310 e. The first-order valence-corrected chi connectivity index (χ1v) is 15.2. The summed E-state index contributed by atoms with van der Waals surface area (Å²) >= 11 is 0. The molecule has 0 aliphatic rings. The average Bonchev–Trinajstić information content (AvgIpc) is 3.08. The van der Waals surface area contributed by atoms with Crippen LogP contribution in [-0.2, 0) is 0 Å². The second-order valence-electron chi connectivity index (χ2n) is 11.3. The van der Waals surface area contributed by atoms with Gasteiger partial charge >= 0.3 is 0 Å². The second kappa shape index (κ2) is 13.3. The van der Waals surface area contributed by atoms with Gasteiger partial charge in [0.25, 0.3) is 0 Å². The van der Waals surface area contributed by atoms with E-state index in [2.05, 4.69) is 196 Å². The van der Waals surface area contributed by atoms with E-state index in [1.54, 1.807) is 0 Å². The zero-order chi connectivity index (χ0) is 30.3. The lowest BCUT2D eigenvalue weighted by molar-refractivity contribution is 1.30. The fourth-order valence-electron chi connectivity index (χ4n) is 5.45. The van der Waals surface area contributed by atoms with Crippen LogP contribution >= 0.6 is 0 Å². The normalized spacial score (nSPS) is 10.6. The van der Waals surface area contributed by atoms with Gasteiger partial charge in [-0.1, -0.05) is 156 Å². The molecule has 0 bridgehead atoms. The Hall–Kier alpha value is -5.40. The molecule has 0 atom stereocenters. The van der Waals surface area contributed by atoms with Crippen LogP contribution in [0.4, 0.5) is 17.1 Å². The summed E-state index contributed by atoms with van der Waals surface area (Å²) in [4.78, 5) is 2.36. The quantitative estimate of drug-likeness (QED) is 0.200. The Bertz CT molecular complexity index is 1910. The van der Waals surface area contributed by atoms with E-state index in [0.717, 1.165) is 11.4 Å². The van der Waals surface area contributed by atoms with E-state index in [9.17, 15) is 0 Å². The monoisotopic (exact) mass is 567 g/mol. The van der Waals surface area contributed by atoms with E-state index >= 15 is 0 Å². The fraction of sp³-hybridized carbons (Fsp3) is 0.0698. The SMILES string of the molecule is Cc1ccc(-c2ccc(N(c3ccc(-c4ccccc4)cc3)c3cccc4ccccc34)cc2)cc1.Cc1ccc(C)cc1. The van der Waals surface area contributed by atoms with Crippen LogP contribution < -0.4 is 4.90 Å². The van der Waals surface area contributed by atoms with Crippen molar-refractivity contribution in [3.05, 3.63) is 187 Å². The van der Waals surface area contributed by atoms with Gasteiger partial charge in [0.05, 0.1) is 5.69 Å². The molecule has 0 radical (unpaired) electrons. The molecule has 7 aromatic rings. The molecule has 0 spiro atoms. The first-order valence-electron chi connectivity index (χ1n) is 15.2. The lowest BCUT2D eigenvalue weighted by atomic mass is 10.0. The van der Waals surface area contributed by atoms with E-state index in [1.165, 1.54) is 55.4 Å². The highest BCUT2D eigenvalue weighted by atomic mass is 15.1. The predicted molar refractivity (Wildman–Crippen MR) is 190 cm³/mol. The molecule has 214 valence electrons. The first kappa shape index (κ1) is 28.7. The summed E-state index contributed by atoms with van der Waals surface area (Å²) in [5.41, 5.74) is 12.3. The molecule has 0 aliphatic carbocycles. The summed E-state index contributed by atoms with van der Waals surface area (Å²) in [5.74, 6) is 0. The minimum atomic E-state index is 1.13. The maximum atomic E-state index is 2.36. The van der Waals surface area contributed by atoms with Gasteiger partial charge in [0.1, 0.15) is 0 Å². The van der Waals surface area contributed by atoms with Gasteiger partial charge in [-0.2, -0.15) is 0 Å². The van der Waals surface area contributed by atoms with Crippen LogP contribution in [0.25, 0.3) is 33.0 Å². The lowest BCUT2D eigenvalue weighted by Gasteiger charge is -2.27. The molecule has 0 aromatic heterocycles. The third-order valence-electron chi connectivity index (χ3n) is 7.97. The molecule has 0 saturated heterocycles. The van der Waals surface area contributed by atoms with Gasteiger partial charge in [0.15, 0.2) is 0 Å².